The lowest BCUT2D eigenvalue weighted by Gasteiger charge is -2.13. The van der Waals surface area contributed by atoms with Crippen LogP contribution in [0.15, 0.2) is 36.8 Å². The molecule has 3 heterocycles. The number of aryl methyl sites for hydroxylation is 2. The van der Waals surface area contributed by atoms with Crippen molar-refractivity contribution in [2.24, 2.45) is 7.05 Å². The highest BCUT2D eigenvalue weighted by Crippen LogP contribution is 2.32. The average molecular weight is 407 g/mol. The number of halogens is 1. The largest absolute Gasteiger partial charge is 0.325 e. The number of fused-ring (bicyclic) bond motifs is 1. The lowest BCUT2D eigenvalue weighted by molar-refractivity contribution is -0.116. The molecule has 0 saturated heterocycles. The highest BCUT2D eigenvalue weighted by Gasteiger charge is 2.16. The summed E-state index contributed by atoms with van der Waals surface area (Å²) in [6.45, 7) is 2.02. The van der Waals surface area contributed by atoms with Crippen LogP contribution < -0.4 is 5.32 Å². The average Bonchev–Trinajstić information content (AvgIpc) is 3.25. The topological polar surface area (TPSA) is 91.7 Å². The van der Waals surface area contributed by atoms with E-state index < -0.39 is 5.82 Å². The molecule has 0 aliphatic heterocycles. The molecule has 0 saturated carbocycles. The second-order valence-electron chi connectivity index (χ2n) is 7.53. The van der Waals surface area contributed by atoms with Crippen molar-refractivity contribution in [3.05, 3.63) is 48.2 Å². The summed E-state index contributed by atoms with van der Waals surface area (Å²) < 4.78 is 16.7. The van der Waals surface area contributed by atoms with Crippen molar-refractivity contribution in [2.75, 3.05) is 26.0 Å². The number of anilines is 1. The summed E-state index contributed by atoms with van der Waals surface area (Å²) in [5, 5.41) is 15.1. The van der Waals surface area contributed by atoms with E-state index in [-0.39, 0.29) is 12.5 Å². The lowest BCUT2D eigenvalue weighted by atomic mass is 10.0. The fourth-order valence-electron chi connectivity index (χ4n) is 3.45. The fourth-order valence-corrected chi connectivity index (χ4v) is 3.45. The van der Waals surface area contributed by atoms with Crippen LogP contribution in [0.1, 0.15) is 5.56 Å². The Morgan fingerprint density at radius 2 is 2.07 bits per heavy atom. The van der Waals surface area contributed by atoms with Gasteiger partial charge in [-0.25, -0.2) is 4.39 Å². The van der Waals surface area contributed by atoms with Gasteiger partial charge in [0.25, 0.3) is 0 Å². The minimum absolute atomic E-state index is 0.203. The summed E-state index contributed by atoms with van der Waals surface area (Å²) in [4.78, 5) is 18.1. The Morgan fingerprint density at radius 1 is 1.27 bits per heavy atom. The molecule has 1 aromatic carbocycles. The van der Waals surface area contributed by atoms with E-state index in [1.165, 1.54) is 6.07 Å². The molecule has 0 spiro atoms. The molecule has 0 unspecified atom stereocenters. The summed E-state index contributed by atoms with van der Waals surface area (Å²) >= 11 is 0. The van der Waals surface area contributed by atoms with Gasteiger partial charge in [-0.1, -0.05) is 0 Å². The molecule has 0 bridgehead atoms. The van der Waals surface area contributed by atoms with Crippen molar-refractivity contribution < 1.29 is 9.18 Å². The fraction of sp³-hybridized carbons (Fsp3) is 0.238. The van der Waals surface area contributed by atoms with Crippen molar-refractivity contribution in [3.8, 4) is 22.5 Å². The molecule has 9 heteroatoms. The zero-order chi connectivity index (χ0) is 21.4. The molecule has 1 amide bonds. The lowest BCUT2D eigenvalue weighted by Crippen LogP contribution is -2.27. The first-order valence-electron chi connectivity index (χ1n) is 9.40. The van der Waals surface area contributed by atoms with Crippen LogP contribution in [-0.2, 0) is 11.8 Å². The number of likely N-dealkylation sites (N-methyl/N-ethyl adjacent to an activating group) is 1. The van der Waals surface area contributed by atoms with E-state index in [9.17, 15) is 4.79 Å². The maximum absolute atomic E-state index is 15.0. The predicted molar refractivity (Wildman–Crippen MR) is 113 cm³/mol. The van der Waals surface area contributed by atoms with Gasteiger partial charge >= 0.3 is 0 Å². The van der Waals surface area contributed by atoms with Crippen molar-refractivity contribution >= 4 is 22.5 Å². The Kier molecular flexibility index (Phi) is 5.04. The Balaban J connectivity index is 1.72. The van der Waals surface area contributed by atoms with E-state index in [0.717, 1.165) is 22.2 Å². The smallest absolute Gasteiger partial charge is 0.238 e. The molecule has 30 heavy (non-hydrogen) atoms. The van der Waals surface area contributed by atoms with Crippen molar-refractivity contribution in [3.63, 3.8) is 0 Å². The predicted octanol–water partition coefficient (Wildman–Crippen LogP) is 2.97. The first kappa shape index (κ1) is 19.7. The van der Waals surface area contributed by atoms with Gasteiger partial charge in [0.1, 0.15) is 11.5 Å². The first-order valence-corrected chi connectivity index (χ1v) is 9.40. The maximum atomic E-state index is 15.0. The molecule has 4 aromatic rings. The van der Waals surface area contributed by atoms with Gasteiger partial charge in [0.05, 0.1) is 30.1 Å². The third-order valence-electron chi connectivity index (χ3n) is 4.71. The Hall–Kier alpha value is -3.59. The Bertz CT molecular complexity index is 1220. The number of nitrogens with zero attached hydrogens (tertiary/aromatic N) is 5. The Labute approximate surface area is 172 Å². The number of H-pyrrole nitrogens is 1. The molecule has 0 radical (unpaired) electrons. The number of hydrogen-bond acceptors (Lipinski definition) is 5. The molecular formula is C21H22FN7O. The number of pyridine rings is 1. The summed E-state index contributed by atoms with van der Waals surface area (Å²) in [5.41, 5.74) is 4.32. The highest BCUT2D eigenvalue weighted by atomic mass is 19.1. The van der Waals surface area contributed by atoms with Gasteiger partial charge in [0, 0.05) is 35.4 Å². The van der Waals surface area contributed by atoms with E-state index in [1.807, 2.05) is 19.3 Å². The molecule has 0 atom stereocenters. The summed E-state index contributed by atoms with van der Waals surface area (Å²) in [6.07, 6.45) is 5.24. The molecule has 0 fully saturated rings. The number of amides is 1. The molecule has 0 aliphatic rings. The quantitative estimate of drug-likeness (QED) is 0.531. The maximum Gasteiger partial charge on any atom is 0.238 e. The van der Waals surface area contributed by atoms with Crippen LogP contribution in [0.4, 0.5) is 10.1 Å². The summed E-state index contributed by atoms with van der Waals surface area (Å²) in [5.74, 6) is -0.654. The number of nitrogens with one attached hydrogen (secondary N) is 2. The second-order valence-corrected chi connectivity index (χ2v) is 7.53. The van der Waals surface area contributed by atoms with Gasteiger partial charge in [-0.2, -0.15) is 10.2 Å². The molecule has 3 aromatic heterocycles. The van der Waals surface area contributed by atoms with Gasteiger partial charge < -0.3 is 10.2 Å². The number of benzene rings is 1. The first-order chi connectivity index (χ1) is 14.3. The SMILES string of the molecule is Cc1cc(NC(=O)CN(C)C)cc(F)c1-c1cc2c(-c3cnn(C)c3)n[nH]c2cn1. The highest BCUT2D eigenvalue weighted by molar-refractivity contribution is 5.95. The van der Waals surface area contributed by atoms with Crippen LogP contribution in [0.5, 0.6) is 0 Å². The van der Waals surface area contributed by atoms with Crippen LogP contribution in [0, 0.1) is 12.7 Å². The number of aromatic amines is 1. The van der Waals surface area contributed by atoms with Crippen molar-refractivity contribution in [1.82, 2.24) is 29.9 Å². The van der Waals surface area contributed by atoms with E-state index in [2.05, 4.69) is 25.6 Å². The van der Waals surface area contributed by atoms with Gasteiger partial charge in [0.2, 0.25) is 5.91 Å². The molecule has 4 rings (SSSR count). The number of carbonyl (C=O) groups excluding carboxylic acids is 1. The number of carbonyl (C=O) groups is 1. The zero-order valence-corrected chi connectivity index (χ0v) is 17.2. The van der Waals surface area contributed by atoms with Gasteiger partial charge in [-0.15, -0.1) is 0 Å². The minimum atomic E-state index is -0.451. The van der Waals surface area contributed by atoms with Crippen LogP contribution >= 0.6 is 0 Å². The van der Waals surface area contributed by atoms with Crippen LogP contribution in [0.25, 0.3) is 33.4 Å². The van der Waals surface area contributed by atoms with Crippen LogP contribution in [0.2, 0.25) is 0 Å². The second kappa shape index (κ2) is 7.68. The van der Waals surface area contributed by atoms with E-state index >= 15 is 4.39 Å². The number of rotatable bonds is 5. The van der Waals surface area contributed by atoms with Gasteiger partial charge in [0.15, 0.2) is 0 Å². The summed E-state index contributed by atoms with van der Waals surface area (Å²) in [7, 11) is 5.43. The van der Waals surface area contributed by atoms with Crippen LogP contribution in [-0.4, -0.2) is 56.4 Å². The third-order valence-corrected chi connectivity index (χ3v) is 4.71. The van der Waals surface area contributed by atoms with Gasteiger partial charge in [-0.3, -0.25) is 19.6 Å². The molecule has 0 aliphatic carbocycles. The zero-order valence-electron chi connectivity index (χ0n) is 17.2. The van der Waals surface area contributed by atoms with E-state index in [4.69, 9.17) is 0 Å². The number of hydrogen-bond donors (Lipinski definition) is 2. The molecule has 154 valence electrons. The molecule has 2 N–H and O–H groups in total. The third kappa shape index (κ3) is 3.79. The monoisotopic (exact) mass is 407 g/mol. The number of aromatic nitrogens is 5. The van der Waals surface area contributed by atoms with Crippen molar-refractivity contribution in [1.29, 1.82) is 0 Å². The van der Waals surface area contributed by atoms with Crippen LogP contribution in [0.3, 0.4) is 0 Å². The van der Waals surface area contributed by atoms with Crippen molar-refractivity contribution in [2.45, 2.75) is 6.92 Å². The molecular weight excluding hydrogens is 385 g/mol. The normalized spacial score (nSPS) is 11.4. The van der Waals surface area contributed by atoms with E-state index in [1.54, 1.807) is 49.1 Å². The summed E-state index contributed by atoms with van der Waals surface area (Å²) in [6, 6.07) is 4.88. The van der Waals surface area contributed by atoms with E-state index in [0.29, 0.717) is 22.5 Å². The molecule has 8 nitrogen and oxygen atoms in total. The minimum Gasteiger partial charge on any atom is -0.325 e. The Morgan fingerprint density at radius 3 is 2.73 bits per heavy atom. The standard InChI is InChI=1S/C21H22FN7O/c1-12-5-14(25-19(30)11-28(2)3)6-16(22)20(12)17-7-15-18(9-23-17)26-27-21(15)13-8-24-29(4)10-13/h5-10H,11H2,1-4H3,(H,25,30)(H,26,27). The van der Waals surface area contributed by atoms with Gasteiger partial charge in [-0.05, 0) is 44.8 Å².